The van der Waals surface area contributed by atoms with Gasteiger partial charge in [0.05, 0.1) is 11.1 Å². The summed E-state index contributed by atoms with van der Waals surface area (Å²) in [5.74, 6) is -1.37. The van der Waals surface area contributed by atoms with Gasteiger partial charge in [0.2, 0.25) is 0 Å². The lowest BCUT2D eigenvalue weighted by atomic mass is 10.2. The number of halogens is 4. The maximum absolute atomic E-state index is 12.9. The predicted molar refractivity (Wildman–Crippen MR) is 72.6 cm³/mol. The fourth-order valence-corrected chi connectivity index (χ4v) is 1.95. The van der Waals surface area contributed by atoms with Crippen molar-refractivity contribution in [1.82, 2.24) is 0 Å². The van der Waals surface area contributed by atoms with E-state index in [1.165, 1.54) is 36.4 Å². The summed E-state index contributed by atoms with van der Waals surface area (Å²) in [6.07, 6.45) is -4.54. The van der Waals surface area contributed by atoms with E-state index in [2.05, 4.69) is 15.9 Å². The molecule has 3 nitrogen and oxygen atoms in total. The Balaban J connectivity index is 2.34. The number of benzene rings is 2. The second-order valence-electron chi connectivity index (χ2n) is 4.07. The van der Waals surface area contributed by atoms with Gasteiger partial charge < -0.3 is 9.84 Å². The number of hydrogen-bond donors (Lipinski definition) is 1. The van der Waals surface area contributed by atoms with Crippen LogP contribution in [0.15, 0.2) is 46.9 Å². The quantitative estimate of drug-likeness (QED) is 0.841. The molecule has 110 valence electrons. The third kappa shape index (κ3) is 3.75. The van der Waals surface area contributed by atoms with Gasteiger partial charge >= 0.3 is 12.1 Å². The Bertz CT molecular complexity index is 666. The lowest BCUT2D eigenvalue weighted by Crippen LogP contribution is -2.07. The molecule has 0 aliphatic carbocycles. The van der Waals surface area contributed by atoms with Crippen LogP contribution in [0.25, 0.3) is 0 Å². The summed E-state index contributed by atoms with van der Waals surface area (Å²) in [6.45, 7) is 0. The molecule has 0 aliphatic rings. The zero-order chi connectivity index (χ0) is 15.6. The van der Waals surface area contributed by atoms with Crippen LogP contribution in [-0.4, -0.2) is 11.1 Å². The van der Waals surface area contributed by atoms with Gasteiger partial charge in [0.25, 0.3) is 0 Å². The monoisotopic (exact) mass is 360 g/mol. The Morgan fingerprint density at radius 3 is 2.24 bits per heavy atom. The van der Waals surface area contributed by atoms with Crippen LogP contribution in [0.4, 0.5) is 13.2 Å². The Morgan fingerprint density at radius 1 is 1.10 bits per heavy atom. The minimum atomic E-state index is -4.54. The van der Waals surface area contributed by atoms with Gasteiger partial charge in [-0.25, -0.2) is 4.79 Å². The Hall–Kier alpha value is -2.02. The molecule has 0 spiro atoms. The van der Waals surface area contributed by atoms with Crippen LogP contribution >= 0.6 is 15.9 Å². The molecule has 2 aromatic carbocycles. The molecule has 0 aliphatic heterocycles. The van der Waals surface area contributed by atoms with Gasteiger partial charge in [0.15, 0.2) is 0 Å². The molecule has 21 heavy (non-hydrogen) atoms. The van der Waals surface area contributed by atoms with E-state index < -0.39 is 17.7 Å². The fraction of sp³-hybridized carbons (Fsp3) is 0.0714. The van der Waals surface area contributed by atoms with Crippen LogP contribution in [-0.2, 0) is 6.18 Å². The minimum Gasteiger partial charge on any atom is -0.478 e. The molecule has 0 saturated carbocycles. The van der Waals surface area contributed by atoms with Crippen molar-refractivity contribution in [2.75, 3.05) is 0 Å². The number of rotatable bonds is 3. The fourth-order valence-electron chi connectivity index (χ4n) is 1.61. The van der Waals surface area contributed by atoms with Crippen molar-refractivity contribution in [3.63, 3.8) is 0 Å². The molecule has 0 amide bonds. The minimum absolute atomic E-state index is 0.0210. The molecule has 0 atom stereocenters. The Labute approximate surface area is 126 Å². The number of hydrogen-bond acceptors (Lipinski definition) is 2. The van der Waals surface area contributed by atoms with Gasteiger partial charge in [-0.2, -0.15) is 13.2 Å². The van der Waals surface area contributed by atoms with Crippen molar-refractivity contribution in [2.45, 2.75) is 6.18 Å². The van der Waals surface area contributed by atoms with Crippen LogP contribution in [0.5, 0.6) is 11.5 Å². The lowest BCUT2D eigenvalue weighted by Gasteiger charge is -2.14. The summed E-state index contributed by atoms with van der Waals surface area (Å²) in [5.41, 5.74) is -0.888. The van der Waals surface area contributed by atoms with Crippen LogP contribution in [0.3, 0.4) is 0 Å². The summed E-state index contributed by atoms with van der Waals surface area (Å²) in [5, 5.41) is 8.76. The zero-order valence-corrected chi connectivity index (χ0v) is 11.9. The largest absolute Gasteiger partial charge is 0.478 e. The van der Waals surface area contributed by atoms with E-state index in [0.717, 1.165) is 6.07 Å². The van der Waals surface area contributed by atoms with Crippen LogP contribution in [0.2, 0.25) is 0 Å². The van der Waals surface area contributed by atoms with Gasteiger partial charge in [-0.1, -0.05) is 15.9 Å². The van der Waals surface area contributed by atoms with E-state index in [4.69, 9.17) is 9.84 Å². The third-order valence-electron chi connectivity index (χ3n) is 2.58. The van der Waals surface area contributed by atoms with E-state index in [1.54, 1.807) is 0 Å². The third-order valence-corrected chi connectivity index (χ3v) is 3.07. The summed E-state index contributed by atoms with van der Waals surface area (Å²) in [6, 6.07) is 8.48. The number of carboxylic acid groups (broad SMARTS) is 1. The maximum Gasteiger partial charge on any atom is 0.419 e. The second-order valence-corrected chi connectivity index (χ2v) is 4.99. The maximum atomic E-state index is 12.9. The van der Waals surface area contributed by atoms with Gasteiger partial charge in [-0.15, -0.1) is 0 Å². The lowest BCUT2D eigenvalue weighted by molar-refractivity contribution is -0.138. The first kappa shape index (κ1) is 15.4. The van der Waals surface area contributed by atoms with Crippen molar-refractivity contribution in [2.24, 2.45) is 0 Å². The van der Waals surface area contributed by atoms with Crippen LogP contribution < -0.4 is 4.74 Å². The highest BCUT2D eigenvalue weighted by Crippen LogP contribution is 2.39. The highest BCUT2D eigenvalue weighted by atomic mass is 79.9. The first-order valence-corrected chi connectivity index (χ1v) is 6.44. The molecule has 2 aromatic rings. The topological polar surface area (TPSA) is 46.5 Å². The average molecular weight is 361 g/mol. The van der Waals surface area contributed by atoms with Crippen LogP contribution in [0, 0.1) is 0 Å². The number of alkyl halides is 3. The van der Waals surface area contributed by atoms with Crippen LogP contribution in [0.1, 0.15) is 15.9 Å². The Kier molecular flexibility index (Phi) is 4.22. The second kappa shape index (κ2) is 5.77. The van der Waals surface area contributed by atoms with Crippen molar-refractivity contribution in [3.05, 3.63) is 58.1 Å². The first-order valence-electron chi connectivity index (χ1n) is 5.65. The highest BCUT2D eigenvalue weighted by Gasteiger charge is 2.34. The molecule has 0 heterocycles. The predicted octanol–water partition coefficient (Wildman–Crippen LogP) is 4.96. The molecule has 0 saturated heterocycles. The molecule has 0 unspecified atom stereocenters. The van der Waals surface area contributed by atoms with Crippen molar-refractivity contribution < 1.29 is 27.8 Å². The summed E-state index contributed by atoms with van der Waals surface area (Å²) >= 11 is 3.08. The summed E-state index contributed by atoms with van der Waals surface area (Å²) in [7, 11) is 0. The van der Waals surface area contributed by atoms with Gasteiger partial charge in [-0.05, 0) is 42.5 Å². The molecule has 1 N–H and O–H groups in total. The van der Waals surface area contributed by atoms with Gasteiger partial charge in [0.1, 0.15) is 11.5 Å². The smallest absolute Gasteiger partial charge is 0.419 e. The van der Waals surface area contributed by atoms with Crippen molar-refractivity contribution in [3.8, 4) is 11.5 Å². The molecule has 2 rings (SSSR count). The van der Waals surface area contributed by atoms with Gasteiger partial charge in [0, 0.05) is 4.47 Å². The van der Waals surface area contributed by atoms with E-state index in [0.29, 0.717) is 4.47 Å². The zero-order valence-electron chi connectivity index (χ0n) is 10.3. The molecule has 0 radical (unpaired) electrons. The van der Waals surface area contributed by atoms with E-state index in [-0.39, 0.29) is 17.1 Å². The SMILES string of the molecule is O=C(O)c1ccc(Oc2cc(Br)ccc2C(F)(F)F)cc1. The summed E-state index contributed by atoms with van der Waals surface area (Å²) in [4.78, 5) is 10.7. The van der Waals surface area contributed by atoms with E-state index in [9.17, 15) is 18.0 Å². The van der Waals surface area contributed by atoms with E-state index >= 15 is 0 Å². The number of ether oxygens (including phenoxy) is 1. The van der Waals surface area contributed by atoms with Crippen molar-refractivity contribution in [1.29, 1.82) is 0 Å². The number of aromatic carboxylic acids is 1. The molecule has 0 bridgehead atoms. The standard InChI is InChI=1S/C14H8BrF3O3/c15-9-3-6-11(14(16,17)18)12(7-9)21-10-4-1-8(2-5-10)13(19)20/h1-7H,(H,19,20). The van der Waals surface area contributed by atoms with Crippen molar-refractivity contribution >= 4 is 21.9 Å². The highest BCUT2D eigenvalue weighted by molar-refractivity contribution is 9.10. The molecular weight excluding hydrogens is 353 g/mol. The first-order chi connectivity index (χ1) is 9.77. The molecule has 0 fully saturated rings. The number of carbonyl (C=O) groups is 1. The molecular formula is C14H8BrF3O3. The molecule has 0 aromatic heterocycles. The molecule has 7 heteroatoms. The van der Waals surface area contributed by atoms with E-state index in [1.807, 2.05) is 0 Å². The number of carboxylic acids is 1. The Morgan fingerprint density at radius 2 is 1.71 bits per heavy atom. The normalized spacial score (nSPS) is 11.2. The average Bonchev–Trinajstić information content (AvgIpc) is 2.38. The van der Waals surface area contributed by atoms with Gasteiger partial charge in [-0.3, -0.25) is 0 Å². The summed E-state index contributed by atoms with van der Waals surface area (Å²) < 4.78 is 44.3.